The molecule has 0 bridgehead atoms. The molecule has 5 N–H and O–H groups in total. The van der Waals surface area contributed by atoms with Crippen LogP contribution in [-0.2, 0) is 42.7 Å². The summed E-state index contributed by atoms with van der Waals surface area (Å²) in [5.74, 6) is -0.855. The summed E-state index contributed by atoms with van der Waals surface area (Å²) in [5.41, 5.74) is 7.40. The minimum absolute atomic E-state index is 0.0273. The van der Waals surface area contributed by atoms with Crippen molar-refractivity contribution in [2.24, 2.45) is 4.99 Å². The predicted molar refractivity (Wildman–Crippen MR) is 243 cm³/mol. The number of allylic oxidation sites excluding steroid dienone is 2. The molecule has 0 unspecified atom stereocenters. The Labute approximate surface area is 364 Å². The molecule has 2 heterocycles. The molecule has 0 atom stereocenters. The van der Waals surface area contributed by atoms with Crippen molar-refractivity contribution in [3.8, 4) is 22.3 Å². The fourth-order valence-electron chi connectivity index (χ4n) is 11.2. The third-order valence-electron chi connectivity index (χ3n) is 13.7. The number of nitrogens with one attached hydrogen (secondary N) is 2. The largest absolute Gasteiger partial charge is 0.506 e. The van der Waals surface area contributed by atoms with Crippen molar-refractivity contribution in [1.82, 2.24) is 0 Å². The number of fused-ring (bicyclic) bond motifs is 10. The molecule has 0 aromatic heterocycles. The van der Waals surface area contributed by atoms with E-state index in [0.717, 1.165) is 50.1 Å². The van der Waals surface area contributed by atoms with Crippen LogP contribution in [0.2, 0.25) is 0 Å². The van der Waals surface area contributed by atoms with Gasteiger partial charge >= 0.3 is 0 Å². The number of carbonyl (C=O) groups excluding carboxylic acids is 1. The summed E-state index contributed by atoms with van der Waals surface area (Å²) in [6.45, 7) is 0. The maximum atomic E-state index is 15.0. The van der Waals surface area contributed by atoms with Crippen LogP contribution in [0.5, 0.6) is 0 Å². The van der Waals surface area contributed by atoms with Crippen LogP contribution in [0, 0.1) is 0 Å². The lowest BCUT2D eigenvalue weighted by molar-refractivity contribution is -0.109. The topological polar surface area (TPSA) is 182 Å². The molecule has 5 aliphatic rings. The zero-order chi connectivity index (χ0) is 43.7. The van der Waals surface area contributed by atoms with Crippen LogP contribution in [0.1, 0.15) is 33.4 Å². The number of nitrogens with zero attached hydrogens (tertiary/aromatic N) is 1. The molecule has 0 saturated carbocycles. The Morgan fingerprint density at radius 3 is 1.62 bits per heavy atom. The Kier molecular flexibility index (Phi) is 7.07. The van der Waals surface area contributed by atoms with Crippen molar-refractivity contribution in [3.63, 3.8) is 0 Å². The molecule has 0 radical (unpaired) electrons. The highest BCUT2D eigenvalue weighted by atomic mass is 32.2. The molecule has 2 spiro atoms. The van der Waals surface area contributed by atoms with Crippen LogP contribution in [0.25, 0.3) is 54.9 Å². The lowest BCUT2D eigenvalue weighted by Gasteiger charge is -2.41. The average molecular weight is 878 g/mol. The number of aliphatic hydroxyl groups excluding tert-OH is 1. The summed E-state index contributed by atoms with van der Waals surface area (Å²) < 4.78 is 71.9. The molecular formula is C51H31N3O8S2. The Morgan fingerprint density at radius 2 is 1.05 bits per heavy atom. The van der Waals surface area contributed by atoms with Crippen molar-refractivity contribution in [2.75, 3.05) is 10.6 Å². The Bertz CT molecular complexity index is 3900. The number of anilines is 2. The van der Waals surface area contributed by atoms with Crippen molar-refractivity contribution in [1.29, 1.82) is 0 Å². The quantitative estimate of drug-likeness (QED) is 0.109. The molecule has 2 aliphatic heterocycles. The SMILES string of the molecule is O=C1C(c2ccc3c(S(=O)(=O)O)ccc4c3c2NC2(N4)c3ccccc3-c3ccccc32)=C(O)/C1=c1/ccc2c(S(=O)(=O)O)ccc3c2c1=NC1(C3)c2ccccc2-c2ccccc21. The molecule has 0 saturated heterocycles. The first-order valence-corrected chi connectivity index (χ1v) is 23.4. The lowest BCUT2D eigenvalue weighted by Crippen LogP contribution is -2.45. The number of Topliss-reactive ketones (excluding diaryl/α,β-unsaturated/α-hetero) is 1. The molecule has 310 valence electrons. The number of rotatable bonds is 3. The predicted octanol–water partition coefficient (Wildman–Crippen LogP) is 8.01. The second-order valence-electron chi connectivity index (χ2n) is 16.8. The molecule has 0 fully saturated rings. The monoisotopic (exact) mass is 877 g/mol. The summed E-state index contributed by atoms with van der Waals surface area (Å²) in [5, 5.41) is 21.6. The summed E-state index contributed by atoms with van der Waals surface area (Å²) in [6, 6.07) is 43.9. The van der Waals surface area contributed by atoms with Gasteiger partial charge in [-0.15, -0.1) is 0 Å². The van der Waals surface area contributed by atoms with Gasteiger partial charge in [-0.25, -0.2) is 0 Å². The van der Waals surface area contributed by atoms with Gasteiger partial charge in [0.15, 0.2) is 5.66 Å². The van der Waals surface area contributed by atoms with Gasteiger partial charge in [0.1, 0.15) is 21.1 Å². The minimum Gasteiger partial charge on any atom is -0.506 e. The molecule has 8 aromatic rings. The summed E-state index contributed by atoms with van der Waals surface area (Å²) in [6.07, 6.45) is 0.359. The van der Waals surface area contributed by atoms with Gasteiger partial charge in [0.2, 0.25) is 5.78 Å². The van der Waals surface area contributed by atoms with E-state index >= 15 is 4.79 Å². The van der Waals surface area contributed by atoms with Gasteiger partial charge in [0, 0.05) is 55.6 Å². The third kappa shape index (κ3) is 4.60. The van der Waals surface area contributed by atoms with Gasteiger partial charge in [-0.2, -0.15) is 16.8 Å². The number of ketones is 1. The van der Waals surface area contributed by atoms with E-state index in [1.807, 2.05) is 97.1 Å². The van der Waals surface area contributed by atoms with Gasteiger partial charge in [-0.05, 0) is 57.1 Å². The van der Waals surface area contributed by atoms with Crippen LogP contribution in [0.4, 0.5) is 11.4 Å². The van der Waals surface area contributed by atoms with E-state index in [1.165, 1.54) is 24.3 Å². The number of aliphatic hydroxyl groups is 1. The Balaban J connectivity index is 1.10. The van der Waals surface area contributed by atoms with Crippen molar-refractivity contribution in [3.05, 3.63) is 195 Å². The number of benzene rings is 8. The van der Waals surface area contributed by atoms with E-state index in [9.17, 15) is 31.0 Å². The Hall–Kier alpha value is -7.42. The van der Waals surface area contributed by atoms with Crippen molar-refractivity contribution >= 4 is 70.1 Å². The smallest absolute Gasteiger partial charge is 0.295 e. The first-order valence-electron chi connectivity index (χ1n) is 20.5. The lowest BCUT2D eigenvalue weighted by atomic mass is 9.77. The summed E-state index contributed by atoms with van der Waals surface area (Å²) >= 11 is 0. The number of hydrogen-bond acceptors (Lipinski definition) is 9. The molecule has 3 aliphatic carbocycles. The van der Waals surface area contributed by atoms with E-state index < -0.39 is 37.2 Å². The normalized spacial score (nSPS) is 17.6. The average Bonchev–Trinajstić information content (AvgIpc) is 3.70. The summed E-state index contributed by atoms with van der Waals surface area (Å²) in [7, 11) is -9.38. The fourth-order valence-corrected chi connectivity index (χ4v) is 12.6. The van der Waals surface area contributed by atoms with Crippen LogP contribution in [0.15, 0.2) is 166 Å². The van der Waals surface area contributed by atoms with E-state index in [0.29, 0.717) is 39.5 Å². The van der Waals surface area contributed by atoms with E-state index in [-0.39, 0.29) is 42.7 Å². The minimum atomic E-state index is -4.70. The number of carbonyl (C=O) groups is 1. The van der Waals surface area contributed by atoms with Crippen LogP contribution in [0.3, 0.4) is 0 Å². The van der Waals surface area contributed by atoms with Crippen LogP contribution >= 0.6 is 0 Å². The molecule has 13 rings (SSSR count). The van der Waals surface area contributed by atoms with E-state index in [4.69, 9.17) is 4.99 Å². The van der Waals surface area contributed by atoms with Crippen LogP contribution in [-0.4, -0.2) is 36.8 Å². The van der Waals surface area contributed by atoms with Crippen molar-refractivity contribution < 1.29 is 35.8 Å². The highest BCUT2D eigenvalue weighted by Crippen LogP contribution is 2.56. The molecule has 13 heteroatoms. The fraction of sp³-hybridized carbons (Fsp3) is 0.0588. The highest BCUT2D eigenvalue weighted by molar-refractivity contribution is 7.86. The maximum absolute atomic E-state index is 15.0. The van der Waals surface area contributed by atoms with Gasteiger partial charge in [0.25, 0.3) is 20.2 Å². The molecule has 8 aromatic carbocycles. The van der Waals surface area contributed by atoms with Gasteiger partial charge in [-0.1, -0.05) is 127 Å². The molecular weight excluding hydrogens is 847 g/mol. The molecule has 64 heavy (non-hydrogen) atoms. The summed E-state index contributed by atoms with van der Waals surface area (Å²) in [4.78, 5) is 19.9. The maximum Gasteiger partial charge on any atom is 0.295 e. The van der Waals surface area contributed by atoms with Crippen molar-refractivity contribution in [2.45, 2.75) is 27.4 Å². The Morgan fingerprint density at radius 1 is 0.531 bits per heavy atom. The van der Waals surface area contributed by atoms with Crippen LogP contribution < -0.4 is 21.2 Å². The molecule has 11 nitrogen and oxygen atoms in total. The van der Waals surface area contributed by atoms with E-state index in [1.54, 1.807) is 24.3 Å². The van der Waals surface area contributed by atoms with E-state index in [2.05, 4.69) is 10.6 Å². The first-order chi connectivity index (χ1) is 30.8. The highest BCUT2D eigenvalue weighted by Gasteiger charge is 2.49. The molecule has 0 amide bonds. The first kappa shape index (κ1) is 37.2. The third-order valence-corrected chi connectivity index (χ3v) is 15.6. The standard InChI is InChI=1S/C51H31N3O8S2/c55-48-44(33-20-18-31-40(63(57,58)59)23-17-26-25-50(53-46(33)42(26)31)35-13-5-1-9-27(35)28-10-2-6-14-36(28)50)49(56)45(48)34-21-19-32-41(64(60,61)62)24-22-39-43(32)47(34)54-51(52-39)37-15-7-3-11-29(37)30-12-4-8-16-38(30)51/h1-24,52,54-55H,25H2,(H,57,58,59)(H,60,61,62)/b44-33+. The van der Waals surface area contributed by atoms with Gasteiger partial charge in [-0.3, -0.25) is 18.9 Å². The second-order valence-corrected chi connectivity index (χ2v) is 19.6. The zero-order valence-electron chi connectivity index (χ0n) is 33.2. The second kappa shape index (κ2) is 12.2. The zero-order valence-corrected chi connectivity index (χ0v) is 34.8. The van der Waals surface area contributed by atoms with Gasteiger partial charge < -0.3 is 15.7 Å². The van der Waals surface area contributed by atoms with Gasteiger partial charge in [0.05, 0.1) is 22.2 Å². The number of hydrogen-bond donors (Lipinski definition) is 5.